The molecule has 9 heavy (non-hydrogen) atoms. The first-order valence-corrected chi connectivity index (χ1v) is 3.27. The Bertz CT molecular complexity index is 110. The molecule has 0 aromatic heterocycles. The molecule has 0 atom stereocenters. The molecule has 0 saturated carbocycles. The van der Waals surface area contributed by atoms with Gasteiger partial charge in [-0.15, -0.1) is 5.73 Å². The molecular formula is C8H14O. The summed E-state index contributed by atoms with van der Waals surface area (Å²) in [7, 11) is 0. The maximum absolute atomic E-state index is 8.41. The van der Waals surface area contributed by atoms with Crippen molar-refractivity contribution >= 4 is 0 Å². The van der Waals surface area contributed by atoms with Crippen molar-refractivity contribution in [1.82, 2.24) is 0 Å². The Kier molecular flexibility index (Phi) is 5.29. The minimum absolute atomic E-state index is 0.296. The van der Waals surface area contributed by atoms with Crippen LogP contribution in [0.3, 0.4) is 0 Å². The molecule has 0 amide bonds. The zero-order chi connectivity index (χ0) is 7.11. The van der Waals surface area contributed by atoms with E-state index in [1.807, 2.05) is 6.92 Å². The largest absolute Gasteiger partial charge is 0.396 e. The van der Waals surface area contributed by atoms with Gasteiger partial charge in [-0.1, -0.05) is 6.58 Å². The Hall–Kier alpha value is -0.520. The van der Waals surface area contributed by atoms with E-state index in [0.29, 0.717) is 6.61 Å². The maximum Gasteiger partial charge on any atom is 0.0431 e. The number of unbranched alkanes of at least 4 members (excludes halogenated alkanes) is 1. The Morgan fingerprint density at radius 2 is 2.22 bits per heavy atom. The molecule has 0 rings (SSSR count). The van der Waals surface area contributed by atoms with E-state index in [2.05, 4.69) is 12.3 Å². The number of hydrogen-bond acceptors (Lipinski definition) is 1. The molecule has 0 aromatic rings. The molecule has 0 spiro atoms. The van der Waals surface area contributed by atoms with Crippen molar-refractivity contribution in [2.45, 2.75) is 26.2 Å². The van der Waals surface area contributed by atoms with E-state index in [9.17, 15) is 0 Å². The van der Waals surface area contributed by atoms with Crippen LogP contribution in [0.4, 0.5) is 0 Å². The normalized spacial score (nSPS) is 8.67. The first-order chi connectivity index (χ1) is 4.31. The van der Waals surface area contributed by atoms with E-state index in [0.717, 1.165) is 19.3 Å². The Labute approximate surface area is 56.7 Å². The maximum atomic E-state index is 8.41. The molecule has 0 bridgehead atoms. The predicted octanol–water partition coefficient (Wildman–Crippen LogP) is 1.88. The van der Waals surface area contributed by atoms with Gasteiger partial charge in [0.05, 0.1) is 0 Å². The van der Waals surface area contributed by atoms with E-state index in [-0.39, 0.29) is 0 Å². The van der Waals surface area contributed by atoms with Crippen molar-refractivity contribution in [2.24, 2.45) is 0 Å². The predicted molar refractivity (Wildman–Crippen MR) is 39.3 cm³/mol. The summed E-state index contributed by atoms with van der Waals surface area (Å²) in [4.78, 5) is 0. The fourth-order valence-corrected chi connectivity index (χ4v) is 0.590. The second kappa shape index (κ2) is 5.61. The number of aliphatic hydroxyl groups excluding tert-OH is 1. The zero-order valence-corrected chi connectivity index (χ0v) is 5.98. The van der Waals surface area contributed by atoms with Crippen LogP contribution >= 0.6 is 0 Å². The molecule has 1 N–H and O–H groups in total. The van der Waals surface area contributed by atoms with Crippen LogP contribution in [0.1, 0.15) is 26.2 Å². The highest BCUT2D eigenvalue weighted by atomic mass is 16.2. The monoisotopic (exact) mass is 126 g/mol. The van der Waals surface area contributed by atoms with Gasteiger partial charge in [-0.2, -0.15) is 0 Å². The van der Waals surface area contributed by atoms with Gasteiger partial charge in [-0.05, 0) is 31.8 Å². The lowest BCUT2D eigenvalue weighted by atomic mass is 10.1. The lowest BCUT2D eigenvalue weighted by Gasteiger charge is -1.94. The Morgan fingerprint density at radius 1 is 1.56 bits per heavy atom. The molecule has 0 aliphatic rings. The van der Waals surface area contributed by atoms with E-state index in [1.165, 1.54) is 5.57 Å². The number of allylic oxidation sites excluding steroid dienone is 1. The average Bonchev–Trinajstić information content (AvgIpc) is 1.89. The topological polar surface area (TPSA) is 20.2 Å². The van der Waals surface area contributed by atoms with Crippen LogP contribution in [0.5, 0.6) is 0 Å². The van der Waals surface area contributed by atoms with Gasteiger partial charge in [0.15, 0.2) is 0 Å². The molecule has 0 unspecified atom stereocenters. The van der Waals surface area contributed by atoms with Gasteiger partial charge in [-0.25, -0.2) is 0 Å². The molecule has 0 aliphatic heterocycles. The number of rotatable bonds is 4. The molecule has 0 aromatic carbocycles. The van der Waals surface area contributed by atoms with Crippen molar-refractivity contribution in [3.05, 3.63) is 17.9 Å². The second-order valence-electron chi connectivity index (χ2n) is 2.14. The van der Waals surface area contributed by atoms with Gasteiger partial charge >= 0.3 is 0 Å². The Morgan fingerprint density at radius 3 is 2.67 bits per heavy atom. The molecular weight excluding hydrogens is 112 g/mol. The third-order valence-corrected chi connectivity index (χ3v) is 1.26. The van der Waals surface area contributed by atoms with E-state index < -0.39 is 0 Å². The summed E-state index contributed by atoms with van der Waals surface area (Å²) in [5.41, 5.74) is 3.99. The van der Waals surface area contributed by atoms with Gasteiger partial charge in [0.25, 0.3) is 0 Å². The van der Waals surface area contributed by atoms with E-state index >= 15 is 0 Å². The summed E-state index contributed by atoms with van der Waals surface area (Å²) in [6.07, 6.45) is 2.95. The van der Waals surface area contributed by atoms with Crippen molar-refractivity contribution in [2.75, 3.05) is 6.61 Å². The SMILES string of the molecule is C=C=C(C)CCCCO. The molecule has 0 fully saturated rings. The van der Waals surface area contributed by atoms with Gasteiger partial charge in [-0.3, -0.25) is 0 Å². The molecule has 0 saturated heterocycles. The molecule has 0 aliphatic carbocycles. The Balaban J connectivity index is 3.17. The van der Waals surface area contributed by atoms with Gasteiger partial charge < -0.3 is 5.11 Å². The van der Waals surface area contributed by atoms with Gasteiger partial charge in [0.1, 0.15) is 0 Å². The minimum atomic E-state index is 0.296. The standard InChI is InChI=1S/C8H14O/c1-3-8(2)6-4-5-7-9/h9H,1,4-7H2,2H3. The highest BCUT2D eigenvalue weighted by molar-refractivity contribution is 4.93. The van der Waals surface area contributed by atoms with Crippen LogP contribution in [0, 0.1) is 0 Å². The summed E-state index contributed by atoms with van der Waals surface area (Å²) in [6.45, 7) is 5.82. The molecule has 1 heteroatoms. The van der Waals surface area contributed by atoms with Crippen LogP contribution in [-0.2, 0) is 0 Å². The zero-order valence-electron chi connectivity index (χ0n) is 5.98. The summed E-state index contributed by atoms with van der Waals surface area (Å²) in [5.74, 6) is 0. The molecule has 52 valence electrons. The van der Waals surface area contributed by atoms with E-state index in [4.69, 9.17) is 5.11 Å². The minimum Gasteiger partial charge on any atom is -0.396 e. The second-order valence-corrected chi connectivity index (χ2v) is 2.14. The third kappa shape index (κ3) is 5.35. The summed E-state index contributed by atoms with van der Waals surface area (Å²) in [6, 6.07) is 0. The lowest BCUT2D eigenvalue weighted by molar-refractivity contribution is 0.284. The first-order valence-electron chi connectivity index (χ1n) is 3.27. The molecule has 1 nitrogen and oxygen atoms in total. The fourth-order valence-electron chi connectivity index (χ4n) is 0.590. The summed E-state index contributed by atoms with van der Waals surface area (Å²) < 4.78 is 0. The summed E-state index contributed by atoms with van der Waals surface area (Å²) in [5, 5.41) is 8.41. The van der Waals surface area contributed by atoms with Crippen molar-refractivity contribution in [1.29, 1.82) is 0 Å². The van der Waals surface area contributed by atoms with Crippen molar-refractivity contribution in [3.8, 4) is 0 Å². The highest BCUT2D eigenvalue weighted by Gasteiger charge is 1.86. The smallest absolute Gasteiger partial charge is 0.0431 e. The van der Waals surface area contributed by atoms with Crippen LogP contribution in [0.2, 0.25) is 0 Å². The van der Waals surface area contributed by atoms with Crippen molar-refractivity contribution in [3.63, 3.8) is 0 Å². The van der Waals surface area contributed by atoms with Gasteiger partial charge in [0, 0.05) is 6.61 Å². The quantitative estimate of drug-likeness (QED) is 0.450. The summed E-state index contributed by atoms with van der Waals surface area (Å²) >= 11 is 0. The van der Waals surface area contributed by atoms with Gasteiger partial charge in [0.2, 0.25) is 0 Å². The number of hydrogen-bond donors (Lipinski definition) is 1. The third-order valence-electron chi connectivity index (χ3n) is 1.26. The van der Waals surface area contributed by atoms with Crippen LogP contribution in [0.15, 0.2) is 17.9 Å². The first kappa shape index (κ1) is 8.48. The molecule has 0 heterocycles. The number of aliphatic hydroxyl groups is 1. The fraction of sp³-hybridized carbons (Fsp3) is 0.625. The lowest BCUT2D eigenvalue weighted by Crippen LogP contribution is -1.82. The van der Waals surface area contributed by atoms with Crippen LogP contribution in [-0.4, -0.2) is 11.7 Å². The van der Waals surface area contributed by atoms with E-state index in [1.54, 1.807) is 0 Å². The van der Waals surface area contributed by atoms with Crippen LogP contribution < -0.4 is 0 Å². The molecule has 0 radical (unpaired) electrons. The highest BCUT2D eigenvalue weighted by Crippen LogP contribution is 2.02. The van der Waals surface area contributed by atoms with Crippen molar-refractivity contribution < 1.29 is 5.11 Å². The van der Waals surface area contributed by atoms with Crippen LogP contribution in [0.25, 0.3) is 0 Å². The average molecular weight is 126 g/mol.